The maximum Gasteiger partial charge on any atom is 0.344 e. The number of hydrogen-bond donors (Lipinski definition) is 2. The molecule has 0 radical (unpaired) electrons. The molecule has 0 aromatic heterocycles. The van der Waals surface area contributed by atoms with Gasteiger partial charge in [-0.2, -0.15) is 0 Å². The SMILES string of the molecule is CCOC(=O)C1=C(O)/C(=C\c2ccc(O)c(OC)c2)SC1=Nc1ccc([N+](=O)[O-])cc1. The fourth-order valence-electron chi connectivity index (χ4n) is 2.69. The van der Waals surface area contributed by atoms with Crippen molar-refractivity contribution in [3.05, 3.63) is 74.4 Å². The van der Waals surface area contributed by atoms with E-state index in [2.05, 4.69) is 4.99 Å². The van der Waals surface area contributed by atoms with Crippen molar-refractivity contribution in [3.8, 4) is 11.5 Å². The first-order valence-corrected chi connectivity index (χ1v) is 9.86. The number of aliphatic hydroxyl groups excluding tert-OH is 1. The third kappa shape index (κ3) is 4.86. The Bertz CT molecular complexity index is 1120. The van der Waals surface area contributed by atoms with Crippen LogP contribution in [0.1, 0.15) is 12.5 Å². The lowest BCUT2D eigenvalue weighted by Gasteiger charge is -2.04. The number of nitro benzene ring substituents is 1. The smallest absolute Gasteiger partial charge is 0.344 e. The number of nitrogens with zero attached hydrogens (tertiary/aromatic N) is 2. The normalized spacial score (nSPS) is 16.1. The third-order valence-electron chi connectivity index (χ3n) is 4.16. The number of methoxy groups -OCH3 is 1. The average Bonchev–Trinajstić information content (AvgIpc) is 3.04. The molecule has 0 spiro atoms. The highest BCUT2D eigenvalue weighted by molar-refractivity contribution is 8.18. The number of carbonyl (C=O) groups excluding carboxylic acids is 1. The zero-order chi connectivity index (χ0) is 22.5. The first-order chi connectivity index (χ1) is 14.8. The van der Waals surface area contributed by atoms with E-state index in [1.54, 1.807) is 25.1 Å². The molecule has 2 aromatic rings. The minimum absolute atomic E-state index is 0.0314. The molecule has 9 nitrogen and oxygen atoms in total. The molecule has 0 unspecified atom stereocenters. The molecule has 10 heteroatoms. The van der Waals surface area contributed by atoms with Crippen molar-refractivity contribution >= 4 is 40.2 Å². The number of rotatable bonds is 6. The number of benzene rings is 2. The van der Waals surface area contributed by atoms with Gasteiger partial charge in [0.1, 0.15) is 16.4 Å². The molecule has 1 aliphatic rings. The van der Waals surface area contributed by atoms with E-state index < -0.39 is 10.9 Å². The first kappa shape index (κ1) is 21.9. The summed E-state index contributed by atoms with van der Waals surface area (Å²) in [5.74, 6) is -0.807. The standard InChI is InChI=1S/C21H18N2O7S/c1-3-30-21(26)18-19(25)17(11-12-4-9-15(24)16(10-12)29-2)31-20(18)22-13-5-7-14(8-6-13)23(27)28/h4-11,24-25H,3H2,1-2H3/b17-11+,22-20?. The number of aliphatic hydroxyl groups is 1. The summed E-state index contributed by atoms with van der Waals surface area (Å²) >= 11 is 1.05. The van der Waals surface area contributed by atoms with Crippen LogP contribution >= 0.6 is 11.8 Å². The molecule has 0 atom stereocenters. The second-order valence-corrected chi connectivity index (χ2v) is 7.21. The van der Waals surface area contributed by atoms with E-state index in [1.165, 1.54) is 37.4 Å². The van der Waals surface area contributed by atoms with Crippen molar-refractivity contribution in [2.24, 2.45) is 4.99 Å². The van der Waals surface area contributed by atoms with Gasteiger partial charge in [0.2, 0.25) is 0 Å². The van der Waals surface area contributed by atoms with Crippen LogP contribution in [0.2, 0.25) is 0 Å². The second kappa shape index (κ2) is 9.35. The number of esters is 1. The molecule has 1 aliphatic heterocycles. The van der Waals surface area contributed by atoms with E-state index in [4.69, 9.17) is 9.47 Å². The summed E-state index contributed by atoms with van der Waals surface area (Å²) in [5, 5.41) is 31.5. The van der Waals surface area contributed by atoms with Crippen molar-refractivity contribution < 1.29 is 29.4 Å². The van der Waals surface area contributed by atoms with Gasteiger partial charge in [-0.1, -0.05) is 17.8 Å². The highest BCUT2D eigenvalue weighted by atomic mass is 32.2. The number of aliphatic imine (C=N–C) groups is 1. The lowest BCUT2D eigenvalue weighted by molar-refractivity contribution is -0.384. The molecule has 0 saturated heterocycles. The summed E-state index contributed by atoms with van der Waals surface area (Å²) in [6.07, 6.45) is 1.61. The fraction of sp³-hybridized carbons (Fsp3) is 0.143. The van der Waals surface area contributed by atoms with Crippen molar-refractivity contribution in [1.29, 1.82) is 0 Å². The Hall–Kier alpha value is -3.79. The topological polar surface area (TPSA) is 131 Å². The number of hydrogen-bond acceptors (Lipinski definition) is 9. The zero-order valence-corrected chi connectivity index (χ0v) is 17.4. The van der Waals surface area contributed by atoms with E-state index >= 15 is 0 Å². The summed E-state index contributed by atoms with van der Waals surface area (Å²) < 4.78 is 10.1. The highest BCUT2D eigenvalue weighted by Gasteiger charge is 2.33. The van der Waals surface area contributed by atoms with E-state index in [9.17, 15) is 25.1 Å². The highest BCUT2D eigenvalue weighted by Crippen LogP contribution is 2.41. The van der Waals surface area contributed by atoms with Crippen LogP contribution in [-0.2, 0) is 9.53 Å². The van der Waals surface area contributed by atoms with E-state index in [0.29, 0.717) is 16.2 Å². The van der Waals surface area contributed by atoms with E-state index in [0.717, 1.165) is 11.8 Å². The average molecular weight is 442 g/mol. The summed E-state index contributed by atoms with van der Waals surface area (Å²) in [6.45, 7) is 1.75. The van der Waals surface area contributed by atoms with Gasteiger partial charge in [-0.3, -0.25) is 10.1 Å². The number of non-ortho nitro benzene ring substituents is 1. The molecule has 1 heterocycles. The number of nitro groups is 1. The summed E-state index contributed by atoms with van der Waals surface area (Å²) in [6, 6.07) is 10.1. The van der Waals surface area contributed by atoms with Gasteiger partial charge in [-0.25, -0.2) is 9.79 Å². The lowest BCUT2D eigenvalue weighted by Crippen LogP contribution is -2.12. The van der Waals surface area contributed by atoms with Crippen molar-refractivity contribution in [2.75, 3.05) is 13.7 Å². The minimum Gasteiger partial charge on any atom is -0.506 e. The summed E-state index contributed by atoms with van der Waals surface area (Å²) in [4.78, 5) is 27.5. The Morgan fingerprint density at radius 1 is 1.23 bits per heavy atom. The number of phenols is 1. The monoisotopic (exact) mass is 442 g/mol. The summed E-state index contributed by atoms with van der Waals surface area (Å²) in [7, 11) is 1.42. The van der Waals surface area contributed by atoms with Crippen LogP contribution in [0, 0.1) is 10.1 Å². The number of aromatic hydroxyl groups is 1. The molecule has 0 amide bonds. The Labute approximate surface area is 181 Å². The number of carbonyl (C=O) groups is 1. The van der Waals surface area contributed by atoms with Gasteiger partial charge in [-0.05, 0) is 42.8 Å². The predicted molar refractivity (Wildman–Crippen MR) is 117 cm³/mol. The molecule has 2 N–H and O–H groups in total. The van der Waals surface area contributed by atoms with Gasteiger partial charge in [0.15, 0.2) is 11.5 Å². The van der Waals surface area contributed by atoms with Gasteiger partial charge in [-0.15, -0.1) is 0 Å². The molecular formula is C21H18N2O7S. The van der Waals surface area contributed by atoms with Gasteiger partial charge >= 0.3 is 5.97 Å². The molecule has 2 aromatic carbocycles. The second-order valence-electron chi connectivity index (χ2n) is 6.18. The third-order valence-corrected chi connectivity index (χ3v) is 5.18. The van der Waals surface area contributed by atoms with E-state index in [-0.39, 0.29) is 40.2 Å². The fourth-order valence-corrected chi connectivity index (χ4v) is 3.73. The number of thioether (sulfide) groups is 1. The van der Waals surface area contributed by atoms with Crippen LogP contribution in [0.5, 0.6) is 11.5 Å². The number of phenolic OH excluding ortho intramolecular Hbond substituents is 1. The van der Waals surface area contributed by atoms with Crippen LogP contribution in [-0.4, -0.2) is 39.9 Å². The first-order valence-electron chi connectivity index (χ1n) is 9.04. The zero-order valence-electron chi connectivity index (χ0n) is 16.6. The minimum atomic E-state index is -0.736. The largest absolute Gasteiger partial charge is 0.506 e. The molecule has 31 heavy (non-hydrogen) atoms. The van der Waals surface area contributed by atoms with Gasteiger partial charge in [0.05, 0.1) is 29.2 Å². The van der Waals surface area contributed by atoms with Crippen molar-refractivity contribution in [1.82, 2.24) is 0 Å². The summed E-state index contributed by atoms with van der Waals surface area (Å²) in [5.41, 5.74) is 0.801. The van der Waals surface area contributed by atoms with Crippen LogP contribution in [0.3, 0.4) is 0 Å². The molecule has 3 rings (SSSR count). The molecular weight excluding hydrogens is 424 g/mol. The van der Waals surface area contributed by atoms with Crippen LogP contribution in [0.25, 0.3) is 6.08 Å². The van der Waals surface area contributed by atoms with Crippen molar-refractivity contribution in [3.63, 3.8) is 0 Å². The van der Waals surface area contributed by atoms with Crippen LogP contribution in [0.15, 0.2) is 63.7 Å². The Kier molecular flexibility index (Phi) is 6.61. The van der Waals surface area contributed by atoms with Crippen LogP contribution < -0.4 is 4.74 Å². The van der Waals surface area contributed by atoms with Gasteiger partial charge in [0, 0.05) is 12.1 Å². The maximum atomic E-state index is 12.4. The van der Waals surface area contributed by atoms with Gasteiger partial charge < -0.3 is 19.7 Å². The maximum absolute atomic E-state index is 12.4. The molecule has 0 bridgehead atoms. The molecule has 0 saturated carbocycles. The quantitative estimate of drug-likeness (QED) is 0.380. The Balaban J connectivity index is 2.02. The van der Waals surface area contributed by atoms with Gasteiger partial charge in [0.25, 0.3) is 5.69 Å². The molecule has 0 aliphatic carbocycles. The Morgan fingerprint density at radius 3 is 2.55 bits per heavy atom. The molecule has 160 valence electrons. The van der Waals surface area contributed by atoms with Crippen molar-refractivity contribution in [2.45, 2.75) is 6.92 Å². The predicted octanol–water partition coefficient (Wildman–Crippen LogP) is 4.50. The van der Waals surface area contributed by atoms with Crippen LogP contribution in [0.4, 0.5) is 11.4 Å². The number of ether oxygens (including phenoxy) is 2. The lowest BCUT2D eigenvalue weighted by atomic mass is 10.1. The molecule has 0 fully saturated rings. The van der Waals surface area contributed by atoms with E-state index in [1.807, 2.05) is 0 Å². The Morgan fingerprint density at radius 2 is 1.94 bits per heavy atom.